The van der Waals surface area contributed by atoms with Gasteiger partial charge in [0.2, 0.25) is 0 Å². The maximum absolute atomic E-state index is 11.9. The highest BCUT2D eigenvalue weighted by atomic mass is 16.4. The van der Waals surface area contributed by atoms with Gasteiger partial charge in [-0.1, -0.05) is 11.6 Å². The average molecular weight is 258 g/mol. The number of fused-ring (bicyclic) bond motifs is 1. The number of nitrogens with zero attached hydrogens (tertiary/aromatic N) is 1. The van der Waals surface area contributed by atoms with Crippen molar-refractivity contribution in [1.82, 2.24) is 10.3 Å². The second-order valence-corrected chi connectivity index (χ2v) is 4.39. The first-order chi connectivity index (χ1) is 8.97. The minimum Gasteiger partial charge on any atom is -0.480 e. The summed E-state index contributed by atoms with van der Waals surface area (Å²) < 4.78 is 0. The van der Waals surface area contributed by atoms with Crippen LogP contribution in [0.1, 0.15) is 21.6 Å². The first-order valence-corrected chi connectivity index (χ1v) is 5.85. The Labute approximate surface area is 110 Å². The maximum atomic E-state index is 11.9. The van der Waals surface area contributed by atoms with Crippen LogP contribution in [-0.2, 0) is 4.79 Å². The minimum absolute atomic E-state index is 0.399. The van der Waals surface area contributed by atoms with Gasteiger partial charge in [0.05, 0.1) is 16.8 Å². The molecular weight excluding hydrogens is 244 g/mol. The van der Waals surface area contributed by atoms with Crippen LogP contribution < -0.4 is 5.32 Å². The Kier molecular flexibility index (Phi) is 3.46. The molecule has 0 radical (unpaired) electrons. The van der Waals surface area contributed by atoms with E-state index in [0.29, 0.717) is 11.3 Å². The van der Waals surface area contributed by atoms with Crippen LogP contribution in [0.2, 0.25) is 0 Å². The van der Waals surface area contributed by atoms with E-state index in [9.17, 15) is 9.59 Å². The van der Waals surface area contributed by atoms with Gasteiger partial charge in [-0.05, 0) is 32.0 Å². The number of benzene rings is 1. The van der Waals surface area contributed by atoms with Crippen molar-refractivity contribution < 1.29 is 14.7 Å². The Balaban J connectivity index is 2.39. The van der Waals surface area contributed by atoms with Gasteiger partial charge in [0.15, 0.2) is 0 Å². The van der Waals surface area contributed by atoms with Gasteiger partial charge in [-0.3, -0.25) is 14.6 Å². The Hall–Kier alpha value is -2.43. The fraction of sp³-hybridized carbons (Fsp3) is 0.214. The summed E-state index contributed by atoms with van der Waals surface area (Å²) in [5.41, 5.74) is 2.88. The van der Waals surface area contributed by atoms with Gasteiger partial charge < -0.3 is 10.4 Å². The van der Waals surface area contributed by atoms with E-state index in [4.69, 9.17) is 5.11 Å². The van der Waals surface area contributed by atoms with Crippen molar-refractivity contribution in [2.24, 2.45) is 0 Å². The van der Waals surface area contributed by atoms with Gasteiger partial charge in [0.1, 0.15) is 6.54 Å². The molecule has 2 N–H and O–H groups in total. The van der Waals surface area contributed by atoms with Crippen LogP contribution in [0, 0.1) is 13.8 Å². The van der Waals surface area contributed by atoms with Crippen LogP contribution >= 0.6 is 0 Å². The topological polar surface area (TPSA) is 79.3 Å². The van der Waals surface area contributed by atoms with Crippen LogP contribution in [0.25, 0.3) is 10.9 Å². The first-order valence-electron chi connectivity index (χ1n) is 5.85. The van der Waals surface area contributed by atoms with Gasteiger partial charge in [0, 0.05) is 5.39 Å². The van der Waals surface area contributed by atoms with Crippen LogP contribution in [0.4, 0.5) is 0 Å². The molecule has 0 saturated heterocycles. The Bertz CT molecular complexity index is 665. The van der Waals surface area contributed by atoms with E-state index in [0.717, 1.165) is 16.5 Å². The Morgan fingerprint density at radius 3 is 2.68 bits per heavy atom. The van der Waals surface area contributed by atoms with Gasteiger partial charge >= 0.3 is 5.97 Å². The quantitative estimate of drug-likeness (QED) is 0.877. The maximum Gasteiger partial charge on any atom is 0.322 e. The highest BCUT2D eigenvalue weighted by Crippen LogP contribution is 2.18. The van der Waals surface area contributed by atoms with Crippen LogP contribution in [0.3, 0.4) is 0 Å². The SMILES string of the molecule is Cc1ccc2nc(C)c(C(=O)NCC(=O)O)cc2c1. The number of aromatic nitrogens is 1. The molecule has 0 aliphatic carbocycles. The highest BCUT2D eigenvalue weighted by Gasteiger charge is 2.12. The third-order valence-corrected chi connectivity index (χ3v) is 2.81. The van der Waals surface area contributed by atoms with Gasteiger partial charge in [-0.2, -0.15) is 0 Å². The largest absolute Gasteiger partial charge is 0.480 e. The van der Waals surface area contributed by atoms with Crippen molar-refractivity contribution in [2.75, 3.05) is 6.54 Å². The van der Waals surface area contributed by atoms with E-state index < -0.39 is 18.4 Å². The molecule has 0 aliphatic heterocycles. The lowest BCUT2D eigenvalue weighted by atomic mass is 10.1. The Morgan fingerprint density at radius 1 is 1.26 bits per heavy atom. The molecule has 19 heavy (non-hydrogen) atoms. The molecule has 0 bridgehead atoms. The molecule has 0 aliphatic rings. The molecule has 1 amide bonds. The monoisotopic (exact) mass is 258 g/mol. The summed E-state index contributed by atoms with van der Waals surface area (Å²) >= 11 is 0. The van der Waals surface area contributed by atoms with Crippen molar-refractivity contribution in [3.05, 3.63) is 41.1 Å². The number of hydrogen-bond acceptors (Lipinski definition) is 3. The summed E-state index contributed by atoms with van der Waals surface area (Å²) in [6.45, 7) is 3.29. The molecular formula is C14H14N2O3. The van der Waals surface area contributed by atoms with Gasteiger partial charge in [-0.25, -0.2) is 0 Å². The number of aliphatic carboxylic acids is 1. The van der Waals surface area contributed by atoms with Crippen LogP contribution in [-0.4, -0.2) is 28.5 Å². The standard InChI is InChI=1S/C14H14N2O3/c1-8-3-4-12-10(5-8)6-11(9(2)16-12)14(19)15-7-13(17)18/h3-6H,7H2,1-2H3,(H,15,19)(H,17,18). The molecule has 98 valence electrons. The summed E-state index contributed by atoms with van der Waals surface area (Å²) in [7, 11) is 0. The second-order valence-electron chi connectivity index (χ2n) is 4.39. The molecule has 1 aromatic heterocycles. The zero-order chi connectivity index (χ0) is 14.0. The number of carboxylic acids is 1. The molecule has 0 unspecified atom stereocenters. The summed E-state index contributed by atoms with van der Waals surface area (Å²) in [6, 6.07) is 7.53. The van der Waals surface area contributed by atoms with Crippen LogP contribution in [0.15, 0.2) is 24.3 Å². The molecule has 5 nitrogen and oxygen atoms in total. The second kappa shape index (κ2) is 5.06. The summed E-state index contributed by atoms with van der Waals surface area (Å²) in [5, 5.41) is 11.8. The zero-order valence-corrected chi connectivity index (χ0v) is 10.7. The van der Waals surface area contributed by atoms with E-state index in [1.807, 2.05) is 25.1 Å². The minimum atomic E-state index is -1.07. The van der Waals surface area contributed by atoms with Crippen molar-refractivity contribution in [2.45, 2.75) is 13.8 Å². The molecule has 0 fully saturated rings. The summed E-state index contributed by atoms with van der Waals surface area (Å²) in [6.07, 6.45) is 0. The first kappa shape index (κ1) is 13.0. The lowest BCUT2D eigenvalue weighted by molar-refractivity contribution is -0.135. The summed E-state index contributed by atoms with van der Waals surface area (Å²) in [5.74, 6) is -1.49. The van der Waals surface area contributed by atoms with Crippen molar-refractivity contribution in [3.63, 3.8) is 0 Å². The van der Waals surface area contributed by atoms with E-state index in [-0.39, 0.29) is 0 Å². The lowest BCUT2D eigenvalue weighted by Gasteiger charge is -2.08. The average Bonchev–Trinajstić information content (AvgIpc) is 2.35. The van der Waals surface area contributed by atoms with Gasteiger partial charge in [-0.15, -0.1) is 0 Å². The smallest absolute Gasteiger partial charge is 0.322 e. The van der Waals surface area contributed by atoms with E-state index in [1.165, 1.54) is 0 Å². The third-order valence-electron chi connectivity index (χ3n) is 2.81. The van der Waals surface area contributed by atoms with Gasteiger partial charge in [0.25, 0.3) is 5.91 Å². The number of carbonyl (C=O) groups excluding carboxylic acids is 1. The number of carboxylic acid groups (broad SMARTS) is 1. The number of carbonyl (C=O) groups is 2. The molecule has 0 atom stereocenters. The predicted octanol–water partition coefficient (Wildman–Crippen LogP) is 1.67. The van der Waals surface area contributed by atoms with Crippen molar-refractivity contribution in [3.8, 4) is 0 Å². The zero-order valence-electron chi connectivity index (χ0n) is 10.7. The molecule has 1 heterocycles. The summed E-state index contributed by atoms with van der Waals surface area (Å²) in [4.78, 5) is 26.7. The van der Waals surface area contributed by atoms with Crippen molar-refractivity contribution in [1.29, 1.82) is 0 Å². The number of rotatable bonds is 3. The number of hydrogen-bond donors (Lipinski definition) is 2. The number of amides is 1. The lowest BCUT2D eigenvalue weighted by Crippen LogP contribution is -2.29. The van der Waals surface area contributed by atoms with Crippen LogP contribution in [0.5, 0.6) is 0 Å². The third kappa shape index (κ3) is 2.88. The molecule has 1 aromatic carbocycles. The normalized spacial score (nSPS) is 10.4. The molecule has 0 spiro atoms. The number of aryl methyl sites for hydroxylation is 2. The highest BCUT2D eigenvalue weighted by molar-refractivity contribution is 5.99. The molecule has 2 aromatic rings. The Morgan fingerprint density at radius 2 is 2.00 bits per heavy atom. The molecule has 5 heteroatoms. The number of nitrogens with one attached hydrogen (secondary N) is 1. The van der Waals surface area contributed by atoms with Crippen molar-refractivity contribution >= 4 is 22.8 Å². The predicted molar refractivity (Wildman–Crippen MR) is 71.2 cm³/mol. The fourth-order valence-electron chi connectivity index (χ4n) is 1.87. The molecule has 0 saturated carbocycles. The fourth-order valence-corrected chi connectivity index (χ4v) is 1.87. The molecule has 2 rings (SSSR count). The van der Waals surface area contributed by atoms with E-state index in [1.54, 1.807) is 13.0 Å². The number of pyridine rings is 1. The van der Waals surface area contributed by atoms with E-state index >= 15 is 0 Å². The van der Waals surface area contributed by atoms with E-state index in [2.05, 4.69) is 10.3 Å².